The molecule has 98 valence electrons. The van der Waals surface area contributed by atoms with Crippen LogP contribution in [0.3, 0.4) is 0 Å². The van der Waals surface area contributed by atoms with Gasteiger partial charge in [0, 0.05) is 17.8 Å². The topological polar surface area (TPSA) is 86.9 Å². The summed E-state index contributed by atoms with van der Waals surface area (Å²) in [7, 11) is 0. The van der Waals surface area contributed by atoms with E-state index in [2.05, 4.69) is 10.3 Å². The van der Waals surface area contributed by atoms with Gasteiger partial charge < -0.3 is 15.5 Å². The van der Waals surface area contributed by atoms with Gasteiger partial charge in [-0.15, -0.1) is 11.3 Å². The molecule has 18 heavy (non-hydrogen) atoms. The Morgan fingerprint density at radius 3 is 2.89 bits per heavy atom. The van der Waals surface area contributed by atoms with Crippen LogP contribution in [-0.4, -0.2) is 44.3 Å². The minimum atomic E-state index is -0.992. The number of rotatable bonds is 5. The third-order valence-electron chi connectivity index (χ3n) is 2.62. The van der Waals surface area contributed by atoms with Crippen molar-refractivity contribution in [1.82, 2.24) is 14.7 Å². The van der Waals surface area contributed by atoms with Gasteiger partial charge in [0.1, 0.15) is 0 Å². The van der Waals surface area contributed by atoms with Gasteiger partial charge in [-0.25, -0.2) is 4.98 Å². The van der Waals surface area contributed by atoms with E-state index >= 15 is 0 Å². The first-order valence-corrected chi connectivity index (χ1v) is 6.38. The highest BCUT2D eigenvalue weighted by Gasteiger charge is 2.24. The molecule has 6 nitrogen and oxygen atoms in total. The van der Waals surface area contributed by atoms with Crippen molar-refractivity contribution in [3.63, 3.8) is 0 Å². The molecule has 0 saturated heterocycles. The van der Waals surface area contributed by atoms with Crippen molar-refractivity contribution < 1.29 is 15.0 Å². The van der Waals surface area contributed by atoms with Crippen LogP contribution in [0.15, 0.2) is 17.8 Å². The molecule has 0 radical (unpaired) electrons. The van der Waals surface area contributed by atoms with Crippen LogP contribution >= 0.6 is 11.3 Å². The van der Waals surface area contributed by atoms with E-state index in [-0.39, 0.29) is 25.5 Å². The summed E-state index contributed by atoms with van der Waals surface area (Å²) < 4.78 is 1.85. The molecule has 2 heterocycles. The molecule has 0 saturated carbocycles. The van der Waals surface area contributed by atoms with Gasteiger partial charge in [-0.05, 0) is 6.92 Å². The van der Waals surface area contributed by atoms with Crippen molar-refractivity contribution in [1.29, 1.82) is 0 Å². The first kappa shape index (κ1) is 13.0. The van der Waals surface area contributed by atoms with E-state index in [9.17, 15) is 4.79 Å². The van der Waals surface area contributed by atoms with E-state index in [1.165, 1.54) is 11.3 Å². The Hall–Kier alpha value is -1.44. The number of carbonyl (C=O) groups excluding carboxylic acids is 1. The Bertz CT molecular complexity index is 516. The van der Waals surface area contributed by atoms with Gasteiger partial charge in [0.15, 0.2) is 4.96 Å². The van der Waals surface area contributed by atoms with Gasteiger partial charge in [0.05, 0.1) is 30.9 Å². The molecule has 7 heteroatoms. The largest absolute Gasteiger partial charge is 0.394 e. The number of amides is 1. The second-order valence-corrected chi connectivity index (χ2v) is 5.30. The Labute approximate surface area is 108 Å². The average Bonchev–Trinajstić information content (AvgIpc) is 2.89. The van der Waals surface area contributed by atoms with Crippen molar-refractivity contribution in [2.45, 2.75) is 18.9 Å². The van der Waals surface area contributed by atoms with Gasteiger partial charge >= 0.3 is 0 Å². The van der Waals surface area contributed by atoms with E-state index in [0.717, 1.165) is 4.96 Å². The lowest BCUT2D eigenvalue weighted by atomic mass is 10.1. The first-order chi connectivity index (χ1) is 8.56. The second kappa shape index (κ2) is 5.05. The number of carbonyl (C=O) groups is 1. The number of aliphatic hydroxyl groups is 2. The van der Waals surface area contributed by atoms with E-state index in [0.29, 0.717) is 5.69 Å². The minimum absolute atomic E-state index is 0.129. The molecular formula is C11H15N3O3S. The van der Waals surface area contributed by atoms with Crippen LogP contribution in [0.25, 0.3) is 4.96 Å². The van der Waals surface area contributed by atoms with E-state index in [1.807, 2.05) is 16.0 Å². The van der Waals surface area contributed by atoms with Gasteiger partial charge in [-0.1, -0.05) is 0 Å². The Balaban J connectivity index is 2.01. The molecule has 3 N–H and O–H groups in total. The maximum Gasteiger partial charge on any atom is 0.226 e. The predicted octanol–water partition coefficient (Wildman–Crippen LogP) is -0.202. The highest BCUT2D eigenvalue weighted by Crippen LogP contribution is 2.12. The molecule has 2 aromatic rings. The highest BCUT2D eigenvalue weighted by atomic mass is 32.1. The summed E-state index contributed by atoms with van der Waals surface area (Å²) in [5, 5.41) is 22.7. The van der Waals surface area contributed by atoms with Crippen LogP contribution in [0.2, 0.25) is 0 Å². The molecule has 0 aliphatic carbocycles. The summed E-state index contributed by atoms with van der Waals surface area (Å²) >= 11 is 1.50. The molecule has 0 aliphatic rings. The van der Waals surface area contributed by atoms with E-state index in [1.54, 1.807) is 13.1 Å². The summed E-state index contributed by atoms with van der Waals surface area (Å²) in [6.45, 7) is 0.956. The number of fused-ring (bicyclic) bond motifs is 1. The number of nitrogens with one attached hydrogen (secondary N) is 1. The number of imidazole rings is 1. The number of hydrogen-bond donors (Lipinski definition) is 3. The maximum atomic E-state index is 11.8. The monoisotopic (exact) mass is 269 g/mol. The first-order valence-electron chi connectivity index (χ1n) is 5.50. The summed E-state index contributed by atoms with van der Waals surface area (Å²) in [4.78, 5) is 16.9. The van der Waals surface area contributed by atoms with Gasteiger partial charge in [-0.2, -0.15) is 0 Å². The zero-order valence-electron chi connectivity index (χ0n) is 9.96. The smallest absolute Gasteiger partial charge is 0.226 e. The second-order valence-electron chi connectivity index (χ2n) is 4.43. The van der Waals surface area contributed by atoms with Crippen LogP contribution in [0.1, 0.15) is 12.6 Å². The van der Waals surface area contributed by atoms with Gasteiger partial charge in [0.25, 0.3) is 0 Å². The lowest BCUT2D eigenvalue weighted by Gasteiger charge is -2.25. The van der Waals surface area contributed by atoms with Crippen molar-refractivity contribution in [3.05, 3.63) is 23.5 Å². The molecule has 2 aromatic heterocycles. The Kier molecular flexibility index (Phi) is 3.65. The van der Waals surface area contributed by atoms with Gasteiger partial charge in [-0.3, -0.25) is 9.20 Å². The Morgan fingerprint density at radius 2 is 2.28 bits per heavy atom. The van der Waals surface area contributed by atoms with E-state index < -0.39 is 5.54 Å². The number of aromatic nitrogens is 2. The standard InChI is InChI=1S/C11H15N3O3S/c1-11(6-15,7-16)13-9(17)4-8-5-14-2-3-18-10(14)12-8/h2-3,5,15-16H,4,6-7H2,1H3,(H,13,17). The fourth-order valence-corrected chi connectivity index (χ4v) is 2.25. The summed E-state index contributed by atoms with van der Waals surface area (Å²) in [5.41, 5.74) is -0.327. The fourth-order valence-electron chi connectivity index (χ4n) is 1.54. The lowest BCUT2D eigenvalue weighted by Crippen LogP contribution is -2.52. The average molecular weight is 269 g/mol. The van der Waals surface area contributed by atoms with Gasteiger partial charge in [0.2, 0.25) is 5.91 Å². The van der Waals surface area contributed by atoms with Crippen molar-refractivity contribution >= 4 is 22.2 Å². The fraction of sp³-hybridized carbons (Fsp3) is 0.455. The zero-order valence-corrected chi connectivity index (χ0v) is 10.8. The molecule has 0 bridgehead atoms. The molecule has 0 unspecified atom stereocenters. The molecule has 1 amide bonds. The molecule has 0 spiro atoms. The number of hydrogen-bond acceptors (Lipinski definition) is 5. The third kappa shape index (κ3) is 2.69. The molecule has 2 rings (SSSR count). The molecule has 0 fully saturated rings. The lowest BCUT2D eigenvalue weighted by molar-refractivity contribution is -0.123. The van der Waals surface area contributed by atoms with Crippen molar-refractivity contribution in [3.8, 4) is 0 Å². The number of nitrogens with zero attached hydrogens (tertiary/aromatic N) is 2. The highest BCUT2D eigenvalue weighted by molar-refractivity contribution is 7.15. The van der Waals surface area contributed by atoms with Crippen molar-refractivity contribution in [2.75, 3.05) is 13.2 Å². The summed E-state index contributed by atoms with van der Waals surface area (Å²) in [6.07, 6.45) is 3.80. The quantitative estimate of drug-likeness (QED) is 0.701. The van der Waals surface area contributed by atoms with Crippen LogP contribution < -0.4 is 5.32 Å². The van der Waals surface area contributed by atoms with E-state index in [4.69, 9.17) is 10.2 Å². The van der Waals surface area contributed by atoms with Crippen LogP contribution in [-0.2, 0) is 11.2 Å². The SMILES string of the molecule is CC(CO)(CO)NC(=O)Cc1cn2ccsc2n1. The minimum Gasteiger partial charge on any atom is -0.394 e. The molecular weight excluding hydrogens is 254 g/mol. The molecule has 0 atom stereocenters. The number of thiazole rings is 1. The Morgan fingerprint density at radius 1 is 1.56 bits per heavy atom. The normalized spacial score (nSPS) is 11.9. The van der Waals surface area contributed by atoms with Crippen LogP contribution in [0.4, 0.5) is 0 Å². The number of aliphatic hydroxyl groups excluding tert-OH is 2. The zero-order chi connectivity index (χ0) is 13.2. The maximum absolute atomic E-state index is 11.8. The predicted molar refractivity (Wildman–Crippen MR) is 67.5 cm³/mol. The molecule has 0 aliphatic heterocycles. The third-order valence-corrected chi connectivity index (χ3v) is 3.39. The molecule has 0 aromatic carbocycles. The summed E-state index contributed by atoms with van der Waals surface area (Å²) in [6, 6.07) is 0. The summed E-state index contributed by atoms with van der Waals surface area (Å²) in [5.74, 6) is -0.272. The van der Waals surface area contributed by atoms with Crippen molar-refractivity contribution in [2.24, 2.45) is 0 Å². The van der Waals surface area contributed by atoms with Crippen LogP contribution in [0.5, 0.6) is 0 Å². The van der Waals surface area contributed by atoms with Crippen LogP contribution in [0, 0.1) is 0 Å².